The Balaban J connectivity index is 1.96. The average Bonchev–Trinajstić information content (AvgIpc) is 2.95. The molecule has 1 heterocycles. The van der Waals surface area contributed by atoms with Gasteiger partial charge in [-0.3, -0.25) is 0 Å². The lowest BCUT2D eigenvalue weighted by atomic mass is 10.1. The number of hydrogen-bond donors (Lipinski definition) is 1. The monoisotopic (exact) mass is 323 g/mol. The second-order valence-electron chi connectivity index (χ2n) is 4.91. The van der Waals surface area contributed by atoms with Gasteiger partial charge in [-0.25, -0.2) is 4.98 Å². The maximum absolute atomic E-state index is 6.23. The first kappa shape index (κ1) is 16.3. The van der Waals surface area contributed by atoms with Crippen molar-refractivity contribution >= 4 is 28.1 Å². The maximum atomic E-state index is 6.23. The topological polar surface area (TPSA) is 28.2 Å². The molecule has 0 saturated heterocycles. The summed E-state index contributed by atoms with van der Waals surface area (Å²) in [5, 5.41) is 5.42. The average molecular weight is 324 g/mol. The predicted molar refractivity (Wildman–Crippen MR) is 92.4 cm³/mol. The lowest BCUT2D eigenvalue weighted by Gasteiger charge is -2.16. The van der Waals surface area contributed by atoms with Crippen molar-refractivity contribution in [1.29, 1.82) is 0 Å². The molecule has 1 aromatic carbocycles. The van der Waals surface area contributed by atoms with Crippen molar-refractivity contribution in [3.63, 3.8) is 0 Å². The van der Waals surface area contributed by atoms with E-state index >= 15 is 0 Å². The number of rotatable bonds is 7. The first-order chi connectivity index (χ1) is 10.2. The van der Waals surface area contributed by atoms with Gasteiger partial charge in [-0.2, -0.15) is 0 Å². The van der Waals surface area contributed by atoms with Crippen molar-refractivity contribution in [3.05, 3.63) is 45.9 Å². The first-order valence-corrected chi connectivity index (χ1v) is 8.52. The van der Waals surface area contributed by atoms with E-state index in [1.807, 2.05) is 24.4 Å². The molecule has 3 nitrogen and oxygen atoms in total. The minimum Gasteiger partial charge on any atom is -0.349 e. The summed E-state index contributed by atoms with van der Waals surface area (Å²) in [4.78, 5) is 8.02. The Kier molecular flexibility index (Phi) is 6.03. The molecule has 0 saturated carbocycles. The molecule has 0 bridgehead atoms. The Bertz CT molecular complexity index is 566. The number of hydrogen-bond acceptors (Lipinski definition) is 4. The number of thiazole rings is 1. The van der Waals surface area contributed by atoms with Gasteiger partial charge in [-0.05, 0) is 32.4 Å². The fourth-order valence-corrected chi connectivity index (χ4v) is 3.50. The van der Waals surface area contributed by atoms with Gasteiger partial charge in [0, 0.05) is 41.8 Å². The molecule has 1 aromatic heterocycles. The van der Waals surface area contributed by atoms with Gasteiger partial charge in [-0.15, -0.1) is 11.3 Å². The van der Waals surface area contributed by atoms with E-state index in [1.54, 1.807) is 11.3 Å². The third kappa shape index (κ3) is 4.19. The molecule has 1 atom stereocenters. The van der Waals surface area contributed by atoms with Crippen molar-refractivity contribution < 1.29 is 0 Å². The molecule has 0 aliphatic carbocycles. The normalized spacial score (nSPS) is 12.4. The van der Waals surface area contributed by atoms with E-state index in [2.05, 4.69) is 42.0 Å². The highest BCUT2D eigenvalue weighted by atomic mass is 35.5. The largest absolute Gasteiger partial charge is 0.349 e. The summed E-state index contributed by atoms with van der Waals surface area (Å²) >= 11 is 7.98. The summed E-state index contributed by atoms with van der Waals surface area (Å²) in [5.41, 5.74) is 1.13. The van der Waals surface area contributed by atoms with Crippen LogP contribution in [0.1, 0.15) is 37.3 Å². The number of anilines is 1. The number of nitrogens with zero attached hydrogens (tertiary/aromatic N) is 2. The Morgan fingerprint density at radius 1 is 1.29 bits per heavy atom. The van der Waals surface area contributed by atoms with Crippen LogP contribution >= 0.6 is 22.9 Å². The van der Waals surface area contributed by atoms with Gasteiger partial charge in [0.2, 0.25) is 0 Å². The lowest BCUT2D eigenvalue weighted by Crippen LogP contribution is -2.21. The van der Waals surface area contributed by atoms with Crippen LogP contribution in [0.15, 0.2) is 30.5 Å². The Hall–Kier alpha value is -1.10. The molecule has 2 rings (SSSR count). The molecule has 114 valence electrons. The number of benzene rings is 1. The van der Waals surface area contributed by atoms with Crippen molar-refractivity contribution in [1.82, 2.24) is 10.3 Å². The molecule has 5 heteroatoms. The van der Waals surface area contributed by atoms with Crippen molar-refractivity contribution in [2.75, 3.05) is 18.0 Å². The van der Waals surface area contributed by atoms with Gasteiger partial charge in [0.1, 0.15) is 0 Å². The van der Waals surface area contributed by atoms with Crippen LogP contribution in [-0.2, 0) is 6.54 Å². The molecule has 0 unspecified atom stereocenters. The van der Waals surface area contributed by atoms with Crippen molar-refractivity contribution in [2.45, 2.75) is 33.4 Å². The second-order valence-corrected chi connectivity index (χ2v) is 6.41. The standard InChI is InChI=1S/C16H22ClN3S/c1-4-20(5-2)16-19-11-13(21-16)10-18-12(3)14-8-6-7-9-15(14)17/h6-9,11-12,18H,4-5,10H2,1-3H3/t12-/m1/s1. The minimum atomic E-state index is 0.220. The van der Waals surface area contributed by atoms with E-state index in [4.69, 9.17) is 11.6 Å². The van der Waals surface area contributed by atoms with Crippen LogP contribution in [0.2, 0.25) is 5.02 Å². The van der Waals surface area contributed by atoms with Crippen LogP contribution in [0, 0.1) is 0 Å². The third-order valence-corrected chi connectivity index (χ3v) is 4.93. The molecule has 0 radical (unpaired) electrons. The molecule has 0 fully saturated rings. The zero-order chi connectivity index (χ0) is 15.2. The fourth-order valence-electron chi connectivity index (χ4n) is 2.21. The predicted octanol–water partition coefficient (Wildman–Crippen LogP) is 4.49. The van der Waals surface area contributed by atoms with E-state index < -0.39 is 0 Å². The SMILES string of the molecule is CCN(CC)c1ncc(CN[C@H](C)c2ccccc2Cl)s1. The number of aromatic nitrogens is 1. The molecule has 2 aromatic rings. The molecular formula is C16H22ClN3S. The van der Waals surface area contributed by atoms with Crippen LogP contribution < -0.4 is 10.2 Å². The molecule has 0 spiro atoms. The Morgan fingerprint density at radius 3 is 2.67 bits per heavy atom. The van der Waals surface area contributed by atoms with Gasteiger partial charge in [0.15, 0.2) is 5.13 Å². The zero-order valence-electron chi connectivity index (χ0n) is 12.8. The maximum Gasteiger partial charge on any atom is 0.185 e. The van der Waals surface area contributed by atoms with E-state index in [0.29, 0.717) is 0 Å². The summed E-state index contributed by atoms with van der Waals surface area (Å²) in [7, 11) is 0. The highest BCUT2D eigenvalue weighted by Gasteiger charge is 2.11. The summed E-state index contributed by atoms with van der Waals surface area (Å²) < 4.78 is 0. The Labute approximate surface area is 136 Å². The first-order valence-electron chi connectivity index (χ1n) is 7.33. The fraction of sp³-hybridized carbons (Fsp3) is 0.438. The smallest absolute Gasteiger partial charge is 0.185 e. The highest BCUT2D eigenvalue weighted by Crippen LogP contribution is 2.25. The van der Waals surface area contributed by atoms with Gasteiger partial charge in [-0.1, -0.05) is 29.8 Å². The minimum absolute atomic E-state index is 0.220. The summed E-state index contributed by atoms with van der Waals surface area (Å²) in [6.45, 7) is 9.24. The van der Waals surface area contributed by atoms with Crippen LogP contribution in [-0.4, -0.2) is 18.1 Å². The quantitative estimate of drug-likeness (QED) is 0.813. The van der Waals surface area contributed by atoms with Gasteiger partial charge in [0.05, 0.1) is 0 Å². The lowest BCUT2D eigenvalue weighted by molar-refractivity contribution is 0.578. The van der Waals surface area contributed by atoms with Crippen molar-refractivity contribution in [2.24, 2.45) is 0 Å². The number of halogens is 1. The van der Waals surface area contributed by atoms with Crippen LogP contribution in [0.25, 0.3) is 0 Å². The van der Waals surface area contributed by atoms with Gasteiger partial charge < -0.3 is 10.2 Å². The number of nitrogens with one attached hydrogen (secondary N) is 1. The van der Waals surface area contributed by atoms with E-state index in [9.17, 15) is 0 Å². The van der Waals surface area contributed by atoms with Gasteiger partial charge in [0.25, 0.3) is 0 Å². The van der Waals surface area contributed by atoms with E-state index in [0.717, 1.165) is 35.4 Å². The molecule has 0 aliphatic heterocycles. The molecule has 0 amide bonds. The van der Waals surface area contributed by atoms with Crippen molar-refractivity contribution in [3.8, 4) is 0 Å². The molecule has 21 heavy (non-hydrogen) atoms. The summed E-state index contributed by atoms with van der Waals surface area (Å²) in [6, 6.07) is 8.19. The summed E-state index contributed by atoms with van der Waals surface area (Å²) in [5.74, 6) is 0. The molecular weight excluding hydrogens is 302 g/mol. The highest BCUT2D eigenvalue weighted by molar-refractivity contribution is 7.15. The van der Waals surface area contributed by atoms with E-state index in [-0.39, 0.29) is 6.04 Å². The van der Waals surface area contributed by atoms with Crippen LogP contribution in [0.4, 0.5) is 5.13 Å². The summed E-state index contributed by atoms with van der Waals surface area (Å²) in [6.07, 6.45) is 1.96. The van der Waals surface area contributed by atoms with E-state index in [1.165, 1.54) is 4.88 Å². The third-order valence-electron chi connectivity index (χ3n) is 3.53. The zero-order valence-corrected chi connectivity index (χ0v) is 14.3. The molecule has 0 aliphatic rings. The Morgan fingerprint density at radius 2 is 2.00 bits per heavy atom. The second kappa shape index (κ2) is 7.78. The van der Waals surface area contributed by atoms with Gasteiger partial charge >= 0.3 is 0 Å². The van der Waals surface area contributed by atoms with Crippen LogP contribution in [0.5, 0.6) is 0 Å². The van der Waals surface area contributed by atoms with Crippen LogP contribution in [0.3, 0.4) is 0 Å². The molecule has 1 N–H and O–H groups in total.